The van der Waals surface area contributed by atoms with Crippen LogP contribution in [0.15, 0.2) is 12.4 Å². The summed E-state index contributed by atoms with van der Waals surface area (Å²) in [5, 5.41) is 9.80. The normalized spacial score (nSPS) is 24.3. The van der Waals surface area contributed by atoms with Gasteiger partial charge in [0.25, 0.3) is 0 Å². The molecule has 0 saturated heterocycles. The Kier molecular flexibility index (Phi) is 7.02. The van der Waals surface area contributed by atoms with Crippen molar-refractivity contribution >= 4 is 0 Å². The lowest BCUT2D eigenvalue weighted by Crippen LogP contribution is -2.30. The zero-order chi connectivity index (χ0) is 16.5. The zero-order valence-corrected chi connectivity index (χ0v) is 14.9. The monoisotopic (exact) mass is 313 g/mol. The first-order valence-corrected chi connectivity index (χ1v) is 9.46. The molecular formula is C20H31N3. The number of aromatic nitrogens is 2. The molecule has 1 aromatic rings. The molecule has 23 heavy (non-hydrogen) atoms. The minimum Gasteiger partial charge on any atom is -0.241 e. The molecule has 0 aliphatic heterocycles. The van der Waals surface area contributed by atoms with E-state index < -0.39 is 0 Å². The van der Waals surface area contributed by atoms with Crippen LogP contribution in [0.25, 0.3) is 0 Å². The van der Waals surface area contributed by atoms with Crippen molar-refractivity contribution in [3.63, 3.8) is 0 Å². The highest BCUT2D eigenvalue weighted by molar-refractivity contribution is 5.29. The fourth-order valence-electron chi connectivity index (χ4n) is 3.67. The van der Waals surface area contributed by atoms with Crippen molar-refractivity contribution in [3.8, 4) is 6.07 Å². The Hall–Kier alpha value is -1.43. The van der Waals surface area contributed by atoms with E-state index in [4.69, 9.17) is 0 Å². The third-order valence-electron chi connectivity index (χ3n) is 5.40. The maximum Gasteiger partial charge on any atom is 0.128 e. The number of nitriles is 1. The van der Waals surface area contributed by atoms with Gasteiger partial charge in [0.2, 0.25) is 0 Å². The van der Waals surface area contributed by atoms with Gasteiger partial charge in [0.1, 0.15) is 5.82 Å². The van der Waals surface area contributed by atoms with Crippen LogP contribution >= 0.6 is 0 Å². The first-order chi connectivity index (χ1) is 11.2. The van der Waals surface area contributed by atoms with Gasteiger partial charge in [0.05, 0.1) is 11.5 Å². The highest BCUT2D eigenvalue weighted by Gasteiger charge is 2.37. The van der Waals surface area contributed by atoms with E-state index in [1.165, 1.54) is 38.5 Å². The van der Waals surface area contributed by atoms with Crippen molar-refractivity contribution in [2.45, 2.75) is 89.9 Å². The second-order valence-electron chi connectivity index (χ2n) is 7.12. The third kappa shape index (κ3) is 4.77. The van der Waals surface area contributed by atoms with E-state index in [-0.39, 0.29) is 5.41 Å². The molecule has 0 amide bonds. The molecule has 1 aliphatic rings. The Balaban J connectivity index is 1.95. The van der Waals surface area contributed by atoms with Crippen LogP contribution in [-0.2, 0) is 11.8 Å². The fourth-order valence-corrected chi connectivity index (χ4v) is 3.67. The molecule has 1 saturated carbocycles. The van der Waals surface area contributed by atoms with Crippen LogP contribution in [0, 0.1) is 17.2 Å². The summed E-state index contributed by atoms with van der Waals surface area (Å²) in [6.07, 6.45) is 16.7. The molecule has 0 bridgehead atoms. The van der Waals surface area contributed by atoms with Crippen LogP contribution in [0.2, 0.25) is 0 Å². The van der Waals surface area contributed by atoms with Gasteiger partial charge in [0, 0.05) is 24.4 Å². The molecule has 3 heteroatoms. The van der Waals surface area contributed by atoms with E-state index in [2.05, 4.69) is 29.9 Å². The summed E-state index contributed by atoms with van der Waals surface area (Å²) >= 11 is 0. The Morgan fingerprint density at radius 1 is 1.09 bits per heavy atom. The Morgan fingerprint density at radius 3 is 2.30 bits per heavy atom. The number of nitrogens with zero attached hydrogens (tertiary/aromatic N) is 3. The molecular weight excluding hydrogens is 282 g/mol. The van der Waals surface area contributed by atoms with E-state index in [1.807, 2.05) is 12.4 Å². The molecule has 1 fully saturated rings. The van der Waals surface area contributed by atoms with E-state index in [0.717, 1.165) is 49.4 Å². The summed E-state index contributed by atoms with van der Waals surface area (Å²) in [5.74, 6) is 1.73. The molecule has 0 unspecified atom stereocenters. The highest BCUT2D eigenvalue weighted by Crippen LogP contribution is 2.42. The average Bonchev–Trinajstić information content (AvgIpc) is 2.61. The predicted octanol–water partition coefficient (Wildman–Crippen LogP) is 5.35. The summed E-state index contributed by atoms with van der Waals surface area (Å²) in [6.45, 7) is 4.43. The number of unbranched alkanes of at least 4 members (excludes halogenated alkanes) is 3. The van der Waals surface area contributed by atoms with Gasteiger partial charge in [0.15, 0.2) is 0 Å². The van der Waals surface area contributed by atoms with Gasteiger partial charge in [-0.25, -0.2) is 9.97 Å². The Labute approximate surface area is 141 Å². The fraction of sp³-hybridized carbons (Fsp3) is 0.750. The minimum absolute atomic E-state index is 0.343. The summed E-state index contributed by atoms with van der Waals surface area (Å²) in [6, 6.07) is 2.60. The van der Waals surface area contributed by atoms with Gasteiger partial charge in [-0.15, -0.1) is 0 Å². The Bertz CT molecular complexity index is 493. The first-order valence-electron chi connectivity index (χ1n) is 9.46. The van der Waals surface area contributed by atoms with Gasteiger partial charge < -0.3 is 0 Å². The minimum atomic E-state index is -0.343. The average molecular weight is 313 g/mol. The van der Waals surface area contributed by atoms with Gasteiger partial charge >= 0.3 is 0 Å². The van der Waals surface area contributed by atoms with Crippen LogP contribution in [0.3, 0.4) is 0 Å². The van der Waals surface area contributed by atoms with Crippen LogP contribution in [0.5, 0.6) is 0 Å². The van der Waals surface area contributed by atoms with E-state index in [0.29, 0.717) is 0 Å². The first kappa shape index (κ1) is 17.9. The van der Waals surface area contributed by atoms with E-state index in [9.17, 15) is 5.26 Å². The molecule has 0 radical (unpaired) electrons. The lowest BCUT2D eigenvalue weighted by molar-refractivity contribution is 0.261. The number of hydrogen-bond donors (Lipinski definition) is 0. The van der Waals surface area contributed by atoms with Crippen molar-refractivity contribution in [1.29, 1.82) is 5.26 Å². The van der Waals surface area contributed by atoms with Crippen LogP contribution < -0.4 is 0 Å². The lowest BCUT2D eigenvalue weighted by atomic mass is 9.67. The van der Waals surface area contributed by atoms with Gasteiger partial charge in [-0.1, -0.05) is 46.0 Å². The van der Waals surface area contributed by atoms with Crippen LogP contribution in [-0.4, -0.2) is 9.97 Å². The van der Waals surface area contributed by atoms with Crippen molar-refractivity contribution < 1.29 is 0 Å². The maximum absolute atomic E-state index is 9.80. The molecule has 126 valence electrons. The molecule has 3 nitrogen and oxygen atoms in total. The topological polar surface area (TPSA) is 49.6 Å². The molecule has 0 atom stereocenters. The van der Waals surface area contributed by atoms with Gasteiger partial charge in [-0.05, 0) is 38.0 Å². The molecule has 0 aromatic carbocycles. The summed E-state index contributed by atoms with van der Waals surface area (Å²) in [5.41, 5.74) is 0.692. The van der Waals surface area contributed by atoms with Crippen molar-refractivity contribution in [2.24, 2.45) is 5.92 Å². The smallest absolute Gasteiger partial charge is 0.128 e. The number of hydrogen-bond acceptors (Lipinski definition) is 3. The van der Waals surface area contributed by atoms with Crippen molar-refractivity contribution in [2.75, 3.05) is 0 Å². The quantitative estimate of drug-likeness (QED) is 0.608. The summed E-state index contributed by atoms with van der Waals surface area (Å²) in [4.78, 5) is 9.00. The van der Waals surface area contributed by atoms with Crippen molar-refractivity contribution in [1.82, 2.24) is 9.97 Å². The second kappa shape index (κ2) is 9.01. The van der Waals surface area contributed by atoms with E-state index in [1.54, 1.807) is 0 Å². The molecule has 1 aromatic heterocycles. The summed E-state index contributed by atoms with van der Waals surface area (Å²) < 4.78 is 0. The summed E-state index contributed by atoms with van der Waals surface area (Å²) in [7, 11) is 0. The molecule has 1 heterocycles. The van der Waals surface area contributed by atoms with Crippen LogP contribution in [0.1, 0.15) is 89.4 Å². The Morgan fingerprint density at radius 2 is 1.74 bits per heavy atom. The zero-order valence-electron chi connectivity index (χ0n) is 14.9. The number of rotatable bonds is 8. The molecule has 2 rings (SSSR count). The largest absolute Gasteiger partial charge is 0.241 e. The molecule has 0 spiro atoms. The maximum atomic E-state index is 9.80. The second-order valence-corrected chi connectivity index (χ2v) is 7.12. The standard InChI is InChI=1S/C20H31N3/c1-3-5-7-8-17-10-12-20(16-21,13-11-17)18-14-22-19(23-15-18)9-6-4-2/h14-15,17H,3-13H2,1-2H3/t17-,20+. The van der Waals surface area contributed by atoms with Crippen molar-refractivity contribution in [3.05, 3.63) is 23.8 Å². The SMILES string of the molecule is CCCCC[C@H]1CC[C@@](C#N)(c2cnc(CCCC)nc2)CC1. The van der Waals surface area contributed by atoms with Crippen LogP contribution in [0.4, 0.5) is 0 Å². The molecule has 1 aliphatic carbocycles. The highest BCUT2D eigenvalue weighted by atomic mass is 14.9. The third-order valence-corrected chi connectivity index (χ3v) is 5.40. The predicted molar refractivity (Wildman–Crippen MR) is 94.0 cm³/mol. The molecule has 0 N–H and O–H groups in total. The van der Waals surface area contributed by atoms with E-state index >= 15 is 0 Å². The van der Waals surface area contributed by atoms with Gasteiger partial charge in [-0.2, -0.15) is 5.26 Å². The number of aryl methyl sites for hydroxylation is 1. The van der Waals surface area contributed by atoms with Gasteiger partial charge in [-0.3, -0.25) is 0 Å². The lowest BCUT2D eigenvalue weighted by Gasteiger charge is -2.35.